The molecule has 2 N–H and O–H groups in total. The highest BCUT2D eigenvalue weighted by molar-refractivity contribution is 8.15. The van der Waals surface area contributed by atoms with Crippen LogP contribution < -0.4 is 10.1 Å². The number of carbonyl (C=O) groups excluding carboxylic acids is 2. The number of ether oxygens (including phenoxy) is 2. The summed E-state index contributed by atoms with van der Waals surface area (Å²) in [6.45, 7) is 0.181. The quantitative estimate of drug-likeness (QED) is 0.762. The molecule has 1 heterocycles. The Morgan fingerprint density at radius 3 is 2.88 bits per heavy atom. The van der Waals surface area contributed by atoms with Crippen LogP contribution in [0, 0.1) is 0 Å². The fraction of sp³-hybridized carbons (Fsp3) is 0.368. The van der Waals surface area contributed by atoms with Crippen molar-refractivity contribution in [2.75, 3.05) is 13.7 Å². The lowest BCUT2D eigenvalue weighted by Gasteiger charge is -2.20. The van der Waals surface area contributed by atoms with E-state index in [1.807, 2.05) is 36.4 Å². The molecule has 1 aromatic rings. The molecular formula is C19H21NO5S. The van der Waals surface area contributed by atoms with Crippen LogP contribution in [-0.4, -0.2) is 41.3 Å². The second kappa shape index (κ2) is 8.53. The summed E-state index contributed by atoms with van der Waals surface area (Å²) >= 11 is 1.03. The van der Waals surface area contributed by atoms with E-state index in [0.29, 0.717) is 18.6 Å². The van der Waals surface area contributed by atoms with E-state index < -0.39 is 6.10 Å². The molecule has 1 saturated heterocycles. The van der Waals surface area contributed by atoms with E-state index in [-0.39, 0.29) is 29.1 Å². The zero-order chi connectivity index (χ0) is 18.5. The van der Waals surface area contributed by atoms with Crippen molar-refractivity contribution in [2.45, 2.75) is 30.3 Å². The monoisotopic (exact) mass is 375 g/mol. The van der Waals surface area contributed by atoms with Crippen LogP contribution >= 0.6 is 11.8 Å². The van der Waals surface area contributed by atoms with Crippen LogP contribution in [0.3, 0.4) is 0 Å². The summed E-state index contributed by atoms with van der Waals surface area (Å²) in [6, 6.07) is 7.27. The minimum Gasteiger partial charge on any atom is -0.497 e. The average molecular weight is 375 g/mol. The summed E-state index contributed by atoms with van der Waals surface area (Å²) in [6.07, 6.45) is 6.20. The number of hydrogen-bond acceptors (Lipinski definition) is 6. The van der Waals surface area contributed by atoms with Gasteiger partial charge in [-0.05, 0) is 30.5 Å². The maximum atomic E-state index is 11.6. The smallest absolute Gasteiger partial charge is 0.286 e. The highest BCUT2D eigenvalue weighted by Crippen LogP contribution is 2.28. The summed E-state index contributed by atoms with van der Waals surface area (Å²) in [5.41, 5.74) is 1.76. The van der Waals surface area contributed by atoms with Crippen molar-refractivity contribution in [1.82, 2.24) is 5.32 Å². The summed E-state index contributed by atoms with van der Waals surface area (Å²) in [5.74, 6) is 0.466. The van der Waals surface area contributed by atoms with E-state index in [9.17, 15) is 14.7 Å². The lowest BCUT2D eigenvalue weighted by Crippen LogP contribution is -2.24. The predicted octanol–water partition coefficient (Wildman–Crippen LogP) is 2.74. The molecule has 3 atom stereocenters. The molecule has 0 spiro atoms. The number of rotatable bonds is 7. The first kappa shape index (κ1) is 18.7. The molecule has 0 saturated carbocycles. The molecule has 1 aliphatic carbocycles. The minimum absolute atomic E-state index is 0.120. The molecule has 2 amide bonds. The Morgan fingerprint density at radius 1 is 1.38 bits per heavy atom. The molecule has 138 valence electrons. The van der Waals surface area contributed by atoms with Crippen molar-refractivity contribution in [3.63, 3.8) is 0 Å². The van der Waals surface area contributed by atoms with E-state index in [0.717, 1.165) is 22.9 Å². The number of nitrogens with one attached hydrogen (secondary N) is 1. The van der Waals surface area contributed by atoms with Gasteiger partial charge in [0.05, 0.1) is 25.1 Å². The molecule has 0 radical (unpaired) electrons. The van der Waals surface area contributed by atoms with Crippen molar-refractivity contribution in [2.24, 2.45) is 0 Å². The van der Waals surface area contributed by atoms with Gasteiger partial charge < -0.3 is 14.6 Å². The van der Waals surface area contributed by atoms with Gasteiger partial charge in [-0.25, -0.2) is 0 Å². The van der Waals surface area contributed by atoms with E-state index in [1.54, 1.807) is 13.2 Å². The fourth-order valence-corrected chi connectivity index (χ4v) is 3.68. The molecule has 1 aliphatic heterocycles. The second-order valence-corrected chi connectivity index (χ2v) is 7.30. The Hall–Kier alpha value is -2.09. The first-order valence-corrected chi connectivity index (χ1v) is 9.25. The molecule has 26 heavy (non-hydrogen) atoms. The van der Waals surface area contributed by atoms with Crippen LogP contribution in [-0.2, 0) is 9.53 Å². The summed E-state index contributed by atoms with van der Waals surface area (Å²) < 4.78 is 10.9. The number of carbonyl (C=O) groups is 2. The maximum absolute atomic E-state index is 11.6. The highest BCUT2D eigenvalue weighted by atomic mass is 32.2. The molecule has 2 aliphatic rings. The van der Waals surface area contributed by atoms with E-state index in [2.05, 4.69) is 5.32 Å². The van der Waals surface area contributed by atoms with Crippen molar-refractivity contribution < 1.29 is 24.2 Å². The number of amides is 2. The SMILES string of the molecule is COc1cccc([C@@H](O)COC2C=CC(CC3SC(=O)NC3=O)=CC2)c1. The molecule has 1 aromatic carbocycles. The van der Waals surface area contributed by atoms with Gasteiger partial charge in [0.1, 0.15) is 11.9 Å². The number of aliphatic hydroxyl groups is 1. The van der Waals surface area contributed by atoms with Gasteiger partial charge in [-0.3, -0.25) is 14.9 Å². The van der Waals surface area contributed by atoms with Crippen molar-refractivity contribution in [3.8, 4) is 5.75 Å². The van der Waals surface area contributed by atoms with E-state index in [4.69, 9.17) is 9.47 Å². The zero-order valence-electron chi connectivity index (χ0n) is 14.4. The Bertz CT molecular complexity index is 745. The molecule has 6 nitrogen and oxygen atoms in total. The molecule has 1 fully saturated rings. The molecule has 0 aromatic heterocycles. The van der Waals surface area contributed by atoms with Gasteiger partial charge >= 0.3 is 0 Å². The van der Waals surface area contributed by atoms with Gasteiger partial charge in [-0.1, -0.05) is 47.7 Å². The summed E-state index contributed by atoms with van der Waals surface area (Å²) in [4.78, 5) is 22.8. The Balaban J connectivity index is 1.46. The normalized spacial score (nSPS) is 23.5. The maximum Gasteiger partial charge on any atom is 0.286 e. The topological polar surface area (TPSA) is 84.9 Å². The number of thioether (sulfide) groups is 1. The minimum atomic E-state index is -0.728. The van der Waals surface area contributed by atoms with Crippen molar-refractivity contribution in [3.05, 3.63) is 53.6 Å². The Labute approximate surface area is 156 Å². The average Bonchev–Trinajstić information content (AvgIpc) is 2.97. The Morgan fingerprint density at radius 2 is 2.23 bits per heavy atom. The van der Waals surface area contributed by atoms with E-state index >= 15 is 0 Å². The van der Waals surface area contributed by atoms with Crippen LogP contribution in [0.4, 0.5) is 4.79 Å². The second-order valence-electron chi connectivity index (χ2n) is 6.13. The van der Waals surface area contributed by atoms with Crippen LogP contribution in [0.25, 0.3) is 0 Å². The van der Waals surface area contributed by atoms with Gasteiger partial charge in [0.15, 0.2) is 0 Å². The molecule has 3 rings (SSSR count). The van der Waals surface area contributed by atoms with Gasteiger partial charge in [0.2, 0.25) is 5.91 Å². The number of aliphatic hydroxyl groups excluding tert-OH is 1. The van der Waals surface area contributed by atoms with Crippen LogP contribution in [0.1, 0.15) is 24.5 Å². The van der Waals surface area contributed by atoms with E-state index in [1.165, 1.54) is 0 Å². The zero-order valence-corrected chi connectivity index (χ0v) is 15.2. The third-order valence-corrected chi connectivity index (χ3v) is 5.25. The van der Waals surface area contributed by atoms with Crippen LogP contribution in [0.5, 0.6) is 5.75 Å². The predicted molar refractivity (Wildman–Crippen MR) is 99.1 cm³/mol. The lowest BCUT2D eigenvalue weighted by atomic mass is 10.0. The number of hydrogen-bond donors (Lipinski definition) is 2. The highest BCUT2D eigenvalue weighted by Gasteiger charge is 2.32. The van der Waals surface area contributed by atoms with Crippen LogP contribution in [0.15, 0.2) is 48.1 Å². The number of allylic oxidation sites excluding steroid dienone is 2. The first-order chi connectivity index (χ1) is 12.5. The summed E-state index contributed by atoms with van der Waals surface area (Å²) in [7, 11) is 1.59. The molecule has 7 heteroatoms. The third kappa shape index (κ3) is 4.75. The largest absolute Gasteiger partial charge is 0.497 e. The molecule has 0 bridgehead atoms. The fourth-order valence-electron chi connectivity index (χ4n) is 2.82. The van der Waals surface area contributed by atoms with Gasteiger partial charge in [0, 0.05) is 0 Å². The van der Waals surface area contributed by atoms with Crippen LogP contribution in [0.2, 0.25) is 0 Å². The van der Waals surface area contributed by atoms with Crippen molar-refractivity contribution in [1.29, 1.82) is 0 Å². The summed E-state index contributed by atoms with van der Waals surface area (Å²) in [5, 5.41) is 11.9. The molecular weight excluding hydrogens is 354 g/mol. The number of methoxy groups -OCH3 is 1. The number of imide groups is 1. The molecule has 2 unspecified atom stereocenters. The first-order valence-electron chi connectivity index (χ1n) is 8.37. The number of benzene rings is 1. The Kier molecular flexibility index (Phi) is 6.13. The lowest BCUT2D eigenvalue weighted by molar-refractivity contribution is -0.118. The van der Waals surface area contributed by atoms with Gasteiger partial charge in [-0.15, -0.1) is 0 Å². The van der Waals surface area contributed by atoms with Crippen molar-refractivity contribution >= 4 is 22.9 Å². The standard InChI is InChI=1S/C19H21NO5S/c1-24-15-4-2-3-13(10-15)16(21)11-25-14-7-5-12(6-8-14)9-17-18(22)20-19(23)26-17/h2-7,10,14,16-17,21H,8-9,11H2,1H3,(H,20,22,23)/t14?,16-,17?/m0/s1. The van der Waals surface area contributed by atoms with Gasteiger partial charge in [0.25, 0.3) is 5.24 Å². The van der Waals surface area contributed by atoms with Gasteiger partial charge in [-0.2, -0.15) is 0 Å². The third-order valence-electron chi connectivity index (χ3n) is 4.27.